The van der Waals surface area contributed by atoms with Gasteiger partial charge < -0.3 is 4.74 Å². The Morgan fingerprint density at radius 1 is 1.00 bits per heavy atom. The quantitative estimate of drug-likeness (QED) is 0.600. The van der Waals surface area contributed by atoms with E-state index in [0.717, 1.165) is 5.56 Å². The Hall–Kier alpha value is -2.39. The average Bonchev–Trinajstić information content (AvgIpc) is 3.25. The second-order valence-corrected chi connectivity index (χ2v) is 9.07. The Balaban J connectivity index is 1.55. The molecule has 1 saturated heterocycles. The summed E-state index contributed by atoms with van der Waals surface area (Å²) >= 11 is 1.28. The van der Waals surface area contributed by atoms with Gasteiger partial charge in [-0.1, -0.05) is 42.5 Å². The summed E-state index contributed by atoms with van der Waals surface area (Å²) in [5, 5.41) is 2.22. The smallest absolute Gasteiger partial charge is 0.243 e. The van der Waals surface area contributed by atoms with E-state index in [-0.39, 0.29) is 10.7 Å². The minimum absolute atomic E-state index is 0.122. The fraction of sp³-hybridized carbons (Fsp3) is 0.200. The number of hydrogen-bond donors (Lipinski definition) is 0. The highest BCUT2D eigenvalue weighted by Gasteiger charge is 2.26. The summed E-state index contributed by atoms with van der Waals surface area (Å²) in [6, 6.07) is 15.6. The molecular formula is C20H18N2O4S2. The van der Waals surface area contributed by atoms with Crippen LogP contribution in [0.25, 0.3) is 11.3 Å². The summed E-state index contributed by atoms with van der Waals surface area (Å²) < 4.78 is 32.1. The first-order valence-corrected chi connectivity index (χ1v) is 11.1. The predicted molar refractivity (Wildman–Crippen MR) is 107 cm³/mol. The Bertz CT molecular complexity index is 1070. The lowest BCUT2D eigenvalue weighted by molar-refractivity contribution is 0.0730. The summed E-state index contributed by atoms with van der Waals surface area (Å²) in [4.78, 5) is 17.2. The Kier molecular flexibility index (Phi) is 5.36. The number of benzene rings is 2. The Labute approximate surface area is 167 Å². The van der Waals surface area contributed by atoms with Gasteiger partial charge in [0, 0.05) is 29.6 Å². The zero-order chi connectivity index (χ0) is 19.6. The van der Waals surface area contributed by atoms with Gasteiger partial charge in [0.15, 0.2) is 5.01 Å². The molecule has 0 bridgehead atoms. The zero-order valence-corrected chi connectivity index (χ0v) is 16.6. The largest absolute Gasteiger partial charge is 0.379 e. The van der Waals surface area contributed by atoms with Crippen molar-refractivity contribution in [2.24, 2.45) is 0 Å². The molecule has 144 valence electrons. The summed E-state index contributed by atoms with van der Waals surface area (Å²) in [5.74, 6) is -0.122. The van der Waals surface area contributed by atoms with Crippen molar-refractivity contribution in [2.75, 3.05) is 26.3 Å². The molecule has 1 fully saturated rings. The normalized spacial score (nSPS) is 15.4. The van der Waals surface area contributed by atoms with Gasteiger partial charge in [0.25, 0.3) is 0 Å². The van der Waals surface area contributed by atoms with Crippen molar-refractivity contribution < 1.29 is 17.9 Å². The van der Waals surface area contributed by atoms with E-state index < -0.39 is 10.0 Å². The number of hydrogen-bond acceptors (Lipinski definition) is 6. The summed E-state index contributed by atoms with van der Waals surface area (Å²) in [6.45, 7) is 1.55. The summed E-state index contributed by atoms with van der Waals surface area (Å²) in [7, 11) is -3.52. The third kappa shape index (κ3) is 3.77. The van der Waals surface area contributed by atoms with Gasteiger partial charge in [-0.15, -0.1) is 11.3 Å². The van der Waals surface area contributed by atoms with Crippen molar-refractivity contribution in [1.29, 1.82) is 0 Å². The average molecular weight is 415 g/mol. The van der Waals surface area contributed by atoms with Gasteiger partial charge in [0.05, 0.1) is 23.8 Å². The van der Waals surface area contributed by atoms with Crippen LogP contribution in [0.3, 0.4) is 0 Å². The molecule has 6 nitrogen and oxygen atoms in total. The van der Waals surface area contributed by atoms with E-state index in [1.54, 1.807) is 36.4 Å². The van der Waals surface area contributed by atoms with E-state index in [2.05, 4.69) is 4.98 Å². The number of ether oxygens (including phenoxy) is 1. The number of sulfonamides is 1. The molecule has 8 heteroatoms. The van der Waals surface area contributed by atoms with E-state index in [1.807, 2.05) is 23.6 Å². The van der Waals surface area contributed by atoms with Gasteiger partial charge in [-0.2, -0.15) is 4.31 Å². The molecule has 2 aromatic carbocycles. The van der Waals surface area contributed by atoms with Gasteiger partial charge >= 0.3 is 0 Å². The second kappa shape index (κ2) is 7.92. The summed E-state index contributed by atoms with van der Waals surface area (Å²) in [6.07, 6.45) is 0. The Morgan fingerprint density at radius 2 is 1.68 bits per heavy atom. The van der Waals surface area contributed by atoms with Crippen LogP contribution in [0.15, 0.2) is 64.9 Å². The number of rotatable bonds is 5. The molecule has 0 saturated carbocycles. The molecule has 0 aliphatic carbocycles. The Morgan fingerprint density at radius 3 is 2.36 bits per heavy atom. The van der Waals surface area contributed by atoms with Crippen molar-refractivity contribution in [2.45, 2.75) is 4.90 Å². The monoisotopic (exact) mass is 414 g/mol. The zero-order valence-electron chi connectivity index (χ0n) is 14.9. The first kappa shape index (κ1) is 18.9. The number of aromatic nitrogens is 1. The molecule has 1 aliphatic heterocycles. The fourth-order valence-corrected chi connectivity index (χ4v) is 5.15. The molecule has 1 aromatic heterocycles. The molecule has 28 heavy (non-hydrogen) atoms. The van der Waals surface area contributed by atoms with Crippen LogP contribution >= 0.6 is 11.3 Å². The first-order chi connectivity index (χ1) is 13.6. The van der Waals surface area contributed by atoms with Crippen molar-refractivity contribution in [3.63, 3.8) is 0 Å². The van der Waals surface area contributed by atoms with E-state index in [1.165, 1.54) is 15.6 Å². The van der Waals surface area contributed by atoms with Crippen LogP contribution in [-0.2, 0) is 14.8 Å². The summed E-state index contributed by atoms with van der Waals surface area (Å²) in [5.41, 5.74) is 2.01. The molecule has 0 amide bonds. The van der Waals surface area contributed by atoms with Crippen LogP contribution in [0, 0.1) is 0 Å². The van der Waals surface area contributed by atoms with Gasteiger partial charge in [-0.25, -0.2) is 13.4 Å². The van der Waals surface area contributed by atoms with E-state index in [0.29, 0.717) is 42.6 Å². The van der Waals surface area contributed by atoms with Crippen LogP contribution in [0.4, 0.5) is 0 Å². The molecule has 4 rings (SSSR count). The highest BCUT2D eigenvalue weighted by molar-refractivity contribution is 7.89. The standard InChI is InChI=1S/C20H18N2O4S2/c23-19(16-4-2-1-3-5-16)20-21-18(14-27-20)15-6-8-17(9-7-15)28(24,25)22-10-12-26-13-11-22/h1-9,14H,10-13H2. The van der Waals surface area contributed by atoms with Crippen molar-refractivity contribution in [3.8, 4) is 11.3 Å². The second-order valence-electron chi connectivity index (χ2n) is 6.27. The number of carbonyl (C=O) groups excluding carboxylic acids is 1. The van der Waals surface area contributed by atoms with E-state index in [4.69, 9.17) is 4.74 Å². The fourth-order valence-electron chi connectivity index (χ4n) is 2.96. The van der Waals surface area contributed by atoms with Crippen LogP contribution in [0.5, 0.6) is 0 Å². The van der Waals surface area contributed by atoms with Crippen LogP contribution < -0.4 is 0 Å². The maximum absolute atomic E-state index is 12.7. The first-order valence-electron chi connectivity index (χ1n) is 8.79. The topological polar surface area (TPSA) is 76.6 Å². The minimum Gasteiger partial charge on any atom is -0.379 e. The van der Waals surface area contributed by atoms with E-state index >= 15 is 0 Å². The third-order valence-corrected chi connectivity index (χ3v) is 7.25. The molecule has 3 aromatic rings. The maximum atomic E-state index is 12.7. The number of thiazole rings is 1. The predicted octanol–water partition coefficient (Wildman–Crippen LogP) is 3.06. The SMILES string of the molecule is O=C(c1ccccc1)c1nc(-c2ccc(S(=O)(=O)N3CCOCC3)cc2)cs1. The van der Waals surface area contributed by atoms with E-state index in [9.17, 15) is 13.2 Å². The van der Waals surface area contributed by atoms with Crippen LogP contribution in [0.2, 0.25) is 0 Å². The third-order valence-electron chi connectivity index (χ3n) is 4.49. The molecular weight excluding hydrogens is 396 g/mol. The number of ketones is 1. The van der Waals surface area contributed by atoms with Crippen molar-refractivity contribution in [1.82, 2.24) is 9.29 Å². The van der Waals surface area contributed by atoms with Crippen molar-refractivity contribution >= 4 is 27.1 Å². The highest BCUT2D eigenvalue weighted by Crippen LogP contribution is 2.26. The maximum Gasteiger partial charge on any atom is 0.243 e. The molecule has 0 spiro atoms. The lowest BCUT2D eigenvalue weighted by Gasteiger charge is -2.26. The number of carbonyl (C=O) groups is 1. The molecule has 0 atom stereocenters. The molecule has 1 aliphatic rings. The molecule has 0 N–H and O–H groups in total. The highest BCUT2D eigenvalue weighted by atomic mass is 32.2. The molecule has 0 radical (unpaired) electrons. The lowest BCUT2D eigenvalue weighted by Crippen LogP contribution is -2.40. The number of morpholine rings is 1. The van der Waals surface area contributed by atoms with Crippen LogP contribution in [-0.4, -0.2) is 49.8 Å². The number of nitrogens with zero attached hydrogens (tertiary/aromatic N) is 2. The molecule has 0 unspecified atom stereocenters. The lowest BCUT2D eigenvalue weighted by atomic mass is 10.1. The molecule has 2 heterocycles. The van der Waals surface area contributed by atoms with Gasteiger partial charge in [-0.05, 0) is 12.1 Å². The van der Waals surface area contributed by atoms with Crippen LogP contribution in [0.1, 0.15) is 15.4 Å². The van der Waals surface area contributed by atoms with Crippen molar-refractivity contribution in [3.05, 3.63) is 70.5 Å². The minimum atomic E-state index is -3.52. The van der Waals surface area contributed by atoms with Gasteiger partial charge in [0.1, 0.15) is 0 Å². The van der Waals surface area contributed by atoms with Gasteiger partial charge in [-0.3, -0.25) is 4.79 Å². The van der Waals surface area contributed by atoms with Gasteiger partial charge in [0.2, 0.25) is 15.8 Å².